The lowest BCUT2D eigenvalue weighted by Gasteiger charge is -2.02. The Morgan fingerprint density at radius 3 is 2.92 bits per heavy atom. The summed E-state index contributed by atoms with van der Waals surface area (Å²) in [5.74, 6) is 0.628. The molecule has 3 heteroatoms. The smallest absolute Gasteiger partial charge is 0.192 e. The van der Waals surface area contributed by atoms with E-state index in [1.807, 2.05) is 18.2 Å². The first-order valence-electron chi connectivity index (χ1n) is 4.22. The molecule has 3 nitrogen and oxygen atoms in total. The average Bonchev–Trinajstić information content (AvgIpc) is 2.43. The maximum absolute atomic E-state index is 9.45. The molecule has 1 heterocycles. The Hall–Kier alpha value is -1.35. The normalized spacial score (nSPS) is 13.5. The summed E-state index contributed by atoms with van der Waals surface area (Å²) in [5, 5.41) is 9.45. The number of aryl methyl sites for hydroxylation is 1. The molecule has 1 atom stereocenters. The molecule has 0 aliphatic rings. The number of aromatic nitrogens is 1. The van der Waals surface area contributed by atoms with E-state index in [1.165, 1.54) is 0 Å². The van der Waals surface area contributed by atoms with Gasteiger partial charge in [-0.25, -0.2) is 4.98 Å². The summed E-state index contributed by atoms with van der Waals surface area (Å²) in [6.45, 7) is 3.52. The van der Waals surface area contributed by atoms with Crippen LogP contribution in [0.2, 0.25) is 0 Å². The van der Waals surface area contributed by atoms with Gasteiger partial charge in [0.15, 0.2) is 11.5 Å². The fourth-order valence-electron chi connectivity index (χ4n) is 1.42. The minimum atomic E-state index is -0.506. The van der Waals surface area contributed by atoms with Crippen LogP contribution >= 0.6 is 0 Å². The second-order valence-corrected chi connectivity index (χ2v) is 3.10. The van der Waals surface area contributed by atoms with E-state index in [-0.39, 0.29) is 0 Å². The summed E-state index contributed by atoms with van der Waals surface area (Å²) < 4.78 is 5.34. The molecule has 1 N–H and O–H groups in total. The van der Waals surface area contributed by atoms with Crippen molar-refractivity contribution in [2.45, 2.75) is 20.0 Å². The van der Waals surface area contributed by atoms with Crippen LogP contribution in [-0.2, 0) is 0 Å². The standard InChI is InChI=1S/C10H11NO2/c1-6(12)8-4-3-5-9-10(8)11-7(2)13-9/h3-6,12H,1-2H3. The second kappa shape index (κ2) is 2.85. The van der Waals surface area contributed by atoms with Crippen LogP contribution in [0.15, 0.2) is 22.6 Å². The first-order chi connectivity index (χ1) is 6.18. The van der Waals surface area contributed by atoms with Crippen molar-refractivity contribution in [1.29, 1.82) is 0 Å². The van der Waals surface area contributed by atoms with Gasteiger partial charge >= 0.3 is 0 Å². The van der Waals surface area contributed by atoms with E-state index in [1.54, 1.807) is 13.8 Å². The first-order valence-corrected chi connectivity index (χ1v) is 4.22. The minimum Gasteiger partial charge on any atom is -0.441 e. The van der Waals surface area contributed by atoms with Crippen LogP contribution in [0.5, 0.6) is 0 Å². The first kappa shape index (κ1) is 8.26. The van der Waals surface area contributed by atoms with E-state index >= 15 is 0 Å². The number of oxazole rings is 1. The van der Waals surface area contributed by atoms with E-state index in [4.69, 9.17) is 4.42 Å². The number of para-hydroxylation sites is 1. The Labute approximate surface area is 76.0 Å². The molecule has 0 radical (unpaired) electrons. The fourth-order valence-corrected chi connectivity index (χ4v) is 1.42. The molecule has 0 saturated carbocycles. The molecule has 0 aliphatic heterocycles. The molecule has 0 amide bonds. The third kappa shape index (κ3) is 1.31. The summed E-state index contributed by atoms with van der Waals surface area (Å²) in [7, 11) is 0. The summed E-state index contributed by atoms with van der Waals surface area (Å²) in [5.41, 5.74) is 2.31. The number of aliphatic hydroxyl groups excluding tert-OH is 1. The number of hydrogen-bond acceptors (Lipinski definition) is 3. The largest absolute Gasteiger partial charge is 0.441 e. The highest BCUT2D eigenvalue weighted by Gasteiger charge is 2.10. The van der Waals surface area contributed by atoms with Crippen LogP contribution < -0.4 is 0 Å². The van der Waals surface area contributed by atoms with Crippen LogP contribution in [0.4, 0.5) is 0 Å². The van der Waals surface area contributed by atoms with Crippen molar-refractivity contribution in [2.24, 2.45) is 0 Å². The van der Waals surface area contributed by atoms with Gasteiger partial charge in [-0.05, 0) is 13.0 Å². The van der Waals surface area contributed by atoms with Gasteiger partial charge in [0.2, 0.25) is 0 Å². The van der Waals surface area contributed by atoms with Gasteiger partial charge in [-0.1, -0.05) is 12.1 Å². The highest BCUT2D eigenvalue weighted by molar-refractivity contribution is 5.76. The molecule has 0 fully saturated rings. The zero-order chi connectivity index (χ0) is 9.42. The maximum atomic E-state index is 9.45. The van der Waals surface area contributed by atoms with E-state index in [9.17, 15) is 5.11 Å². The predicted molar refractivity (Wildman–Crippen MR) is 49.4 cm³/mol. The predicted octanol–water partition coefficient (Wildman–Crippen LogP) is 2.19. The van der Waals surface area contributed by atoms with Crippen LogP contribution in [-0.4, -0.2) is 10.1 Å². The topological polar surface area (TPSA) is 46.3 Å². The number of nitrogens with zero attached hydrogens (tertiary/aromatic N) is 1. The molecule has 68 valence electrons. The molecule has 2 rings (SSSR count). The number of rotatable bonds is 1. The van der Waals surface area contributed by atoms with Gasteiger partial charge < -0.3 is 9.52 Å². The van der Waals surface area contributed by atoms with Gasteiger partial charge in [0.1, 0.15) is 5.52 Å². The van der Waals surface area contributed by atoms with Gasteiger partial charge in [-0.15, -0.1) is 0 Å². The molecule has 1 aromatic heterocycles. The SMILES string of the molecule is Cc1nc2c(C(C)O)cccc2o1. The van der Waals surface area contributed by atoms with Crippen LogP contribution in [0.3, 0.4) is 0 Å². The van der Waals surface area contributed by atoms with E-state index in [0.29, 0.717) is 5.89 Å². The lowest BCUT2D eigenvalue weighted by Crippen LogP contribution is -1.91. The molecule has 1 unspecified atom stereocenters. The van der Waals surface area contributed by atoms with Crippen molar-refractivity contribution >= 4 is 11.1 Å². The summed E-state index contributed by atoms with van der Waals surface area (Å²) in [6.07, 6.45) is -0.506. The van der Waals surface area contributed by atoms with Gasteiger partial charge in [-0.2, -0.15) is 0 Å². The number of hydrogen-bond donors (Lipinski definition) is 1. The third-order valence-corrected chi connectivity index (χ3v) is 2.01. The Morgan fingerprint density at radius 1 is 1.46 bits per heavy atom. The quantitative estimate of drug-likeness (QED) is 0.726. The lowest BCUT2D eigenvalue weighted by molar-refractivity contribution is 0.200. The Morgan fingerprint density at radius 2 is 2.23 bits per heavy atom. The zero-order valence-electron chi connectivity index (χ0n) is 7.61. The van der Waals surface area contributed by atoms with Crippen molar-refractivity contribution in [1.82, 2.24) is 4.98 Å². The monoisotopic (exact) mass is 177 g/mol. The zero-order valence-corrected chi connectivity index (χ0v) is 7.61. The Bertz CT molecular complexity index is 431. The maximum Gasteiger partial charge on any atom is 0.192 e. The number of benzene rings is 1. The summed E-state index contributed by atoms with van der Waals surface area (Å²) in [6, 6.07) is 5.56. The minimum absolute atomic E-state index is 0.506. The molecular weight excluding hydrogens is 166 g/mol. The molecule has 0 aliphatic carbocycles. The molecule has 0 spiro atoms. The van der Waals surface area contributed by atoms with Gasteiger partial charge in [0, 0.05) is 12.5 Å². The van der Waals surface area contributed by atoms with Gasteiger partial charge in [-0.3, -0.25) is 0 Å². The molecule has 0 saturated heterocycles. The van der Waals surface area contributed by atoms with Crippen LogP contribution in [0.25, 0.3) is 11.1 Å². The van der Waals surface area contributed by atoms with Crippen molar-refractivity contribution in [2.75, 3.05) is 0 Å². The van der Waals surface area contributed by atoms with Crippen LogP contribution in [0.1, 0.15) is 24.5 Å². The summed E-state index contributed by atoms with van der Waals surface area (Å²) in [4.78, 5) is 4.21. The van der Waals surface area contributed by atoms with E-state index in [0.717, 1.165) is 16.7 Å². The van der Waals surface area contributed by atoms with Crippen molar-refractivity contribution in [3.63, 3.8) is 0 Å². The van der Waals surface area contributed by atoms with Crippen molar-refractivity contribution in [3.8, 4) is 0 Å². The van der Waals surface area contributed by atoms with E-state index < -0.39 is 6.10 Å². The average molecular weight is 177 g/mol. The van der Waals surface area contributed by atoms with Crippen LogP contribution in [0, 0.1) is 6.92 Å². The number of aliphatic hydroxyl groups is 1. The highest BCUT2D eigenvalue weighted by atomic mass is 16.3. The highest BCUT2D eigenvalue weighted by Crippen LogP contribution is 2.23. The molecule has 2 aromatic rings. The summed E-state index contributed by atoms with van der Waals surface area (Å²) >= 11 is 0. The molecule has 0 bridgehead atoms. The van der Waals surface area contributed by atoms with Crippen molar-refractivity contribution < 1.29 is 9.52 Å². The number of fused-ring (bicyclic) bond motifs is 1. The molecule has 1 aromatic carbocycles. The lowest BCUT2D eigenvalue weighted by atomic mass is 10.1. The Kier molecular flexibility index (Phi) is 1.81. The Balaban J connectivity index is 2.75. The fraction of sp³-hybridized carbons (Fsp3) is 0.300. The third-order valence-electron chi connectivity index (χ3n) is 2.01. The van der Waals surface area contributed by atoms with Crippen molar-refractivity contribution in [3.05, 3.63) is 29.7 Å². The second-order valence-electron chi connectivity index (χ2n) is 3.10. The molecule has 13 heavy (non-hydrogen) atoms. The van der Waals surface area contributed by atoms with Gasteiger partial charge in [0.05, 0.1) is 6.10 Å². The van der Waals surface area contributed by atoms with Gasteiger partial charge in [0.25, 0.3) is 0 Å². The van der Waals surface area contributed by atoms with E-state index in [2.05, 4.69) is 4.98 Å². The molecular formula is C10H11NO2.